The lowest BCUT2D eigenvalue weighted by Gasteiger charge is -2.11. The first-order valence-electron chi connectivity index (χ1n) is 5.85. The van der Waals surface area contributed by atoms with Gasteiger partial charge in [0.15, 0.2) is 5.75 Å². The van der Waals surface area contributed by atoms with Crippen LogP contribution >= 0.6 is 11.3 Å². The highest BCUT2D eigenvalue weighted by Gasteiger charge is 2.48. The fourth-order valence-corrected chi connectivity index (χ4v) is 2.91. The van der Waals surface area contributed by atoms with Gasteiger partial charge in [0.2, 0.25) is 0 Å². The molecule has 0 atom stereocenters. The zero-order valence-electron chi connectivity index (χ0n) is 11.0. The summed E-state index contributed by atoms with van der Waals surface area (Å²) in [6.07, 6.45) is 0. The van der Waals surface area contributed by atoms with Gasteiger partial charge in [-0.25, -0.2) is 4.79 Å². The first kappa shape index (κ1) is 16.6. The van der Waals surface area contributed by atoms with Crippen LogP contribution < -0.4 is 4.18 Å². The minimum absolute atomic E-state index is 0.0678. The van der Waals surface area contributed by atoms with Crippen molar-refractivity contribution in [2.24, 2.45) is 0 Å². The van der Waals surface area contributed by atoms with E-state index in [-0.39, 0.29) is 17.6 Å². The minimum Gasteiger partial charge on any atom is -0.462 e. The Hall–Kier alpha value is -1.81. The van der Waals surface area contributed by atoms with Crippen LogP contribution in [-0.2, 0) is 14.9 Å². The van der Waals surface area contributed by atoms with E-state index in [2.05, 4.69) is 4.18 Å². The predicted molar refractivity (Wildman–Crippen MR) is 73.4 cm³/mol. The van der Waals surface area contributed by atoms with Crippen molar-refractivity contribution >= 4 is 37.5 Å². The lowest BCUT2D eigenvalue weighted by atomic mass is 10.1. The summed E-state index contributed by atoms with van der Waals surface area (Å²) in [7, 11) is -5.82. The molecule has 0 aliphatic heterocycles. The van der Waals surface area contributed by atoms with Crippen molar-refractivity contribution in [2.75, 3.05) is 6.61 Å². The Morgan fingerprint density at radius 1 is 1.32 bits per heavy atom. The zero-order valence-corrected chi connectivity index (χ0v) is 12.6. The van der Waals surface area contributed by atoms with Crippen LogP contribution in [0.3, 0.4) is 0 Å². The van der Waals surface area contributed by atoms with Crippen molar-refractivity contribution in [3.8, 4) is 5.75 Å². The first-order chi connectivity index (χ1) is 10.2. The highest BCUT2D eigenvalue weighted by molar-refractivity contribution is 7.88. The Labute approximate surface area is 127 Å². The molecule has 1 aromatic carbocycles. The third-order valence-electron chi connectivity index (χ3n) is 2.53. The number of benzene rings is 1. The van der Waals surface area contributed by atoms with E-state index in [0.717, 1.165) is 17.4 Å². The van der Waals surface area contributed by atoms with E-state index >= 15 is 0 Å². The predicted octanol–water partition coefficient (Wildman–Crippen LogP) is 3.31. The molecule has 0 aliphatic carbocycles. The van der Waals surface area contributed by atoms with Crippen molar-refractivity contribution in [1.29, 1.82) is 0 Å². The Morgan fingerprint density at radius 2 is 2.00 bits per heavy atom. The van der Waals surface area contributed by atoms with E-state index < -0.39 is 27.3 Å². The van der Waals surface area contributed by atoms with Crippen LogP contribution in [0.2, 0.25) is 0 Å². The molecule has 0 radical (unpaired) electrons. The second kappa shape index (κ2) is 5.76. The second-order valence-electron chi connectivity index (χ2n) is 4.01. The molecule has 0 amide bonds. The van der Waals surface area contributed by atoms with Crippen molar-refractivity contribution in [3.05, 3.63) is 29.1 Å². The molecule has 5 nitrogen and oxygen atoms in total. The maximum Gasteiger partial charge on any atom is 0.534 e. The maximum atomic E-state index is 12.4. The van der Waals surface area contributed by atoms with Crippen LogP contribution in [0.4, 0.5) is 13.2 Å². The minimum atomic E-state index is -5.82. The van der Waals surface area contributed by atoms with Crippen LogP contribution in [-0.4, -0.2) is 26.5 Å². The van der Waals surface area contributed by atoms with Gasteiger partial charge in [0.1, 0.15) is 0 Å². The standard InChI is InChI=1S/C12H9F3O5S2/c1-2-19-11(16)7-5-9(8-3-4-21-10(8)6-7)20-22(17,18)12(13,14)15/h3-6H,2H2,1H3. The molecule has 1 aromatic heterocycles. The number of fused-ring (bicyclic) bond motifs is 1. The van der Waals surface area contributed by atoms with Gasteiger partial charge >= 0.3 is 21.6 Å². The normalized spacial score (nSPS) is 12.4. The molecule has 0 fully saturated rings. The number of hydrogen-bond donors (Lipinski definition) is 0. The third-order valence-corrected chi connectivity index (χ3v) is 4.36. The van der Waals surface area contributed by atoms with Crippen molar-refractivity contribution in [1.82, 2.24) is 0 Å². The van der Waals surface area contributed by atoms with Gasteiger partial charge in [-0.2, -0.15) is 21.6 Å². The molecular formula is C12H9F3O5S2. The Kier molecular flexibility index (Phi) is 4.34. The van der Waals surface area contributed by atoms with Gasteiger partial charge in [-0.1, -0.05) is 0 Å². The fourth-order valence-electron chi connectivity index (χ4n) is 1.60. The topological polar surface area (TPSA) is 69.7 Å². The average Bonchev–Trinajstić information content (AvgIpc) is 2.85. The van der Waals surface area contributed by atoms with Crippen molar-refractivity contribution < 1.29 is 35.3 Å². The van der Waals surface area contributed by atoms with Crippen LogP contribution in [0.5, 0.6) is 5.75 Å². The Bertz CT molecular complexity index is 808. The van der Waals surface area contributed by atoms with Gasteiger partial charge in [0.05, 0.1) is 12.2 Å². The molecule has 0 saturated heterocycles. The molecule has 0 saturated carbocycles. The molecule has 2 aromatic rings. The summed E-state index contributed by atoms with van der Waals surface area (Å²) in [6.45, 7) is 1.63. The molecular weight excluding hydrogens is 345 g/mol. The Morgan fingerprint density at radius 3 is 2.59 bits per heavy atom. The van der Waals surface area contributed by atoms with Crippen LogP contribution in [0.15, 0.2) is 23.6 Å². The molecule has 0 spiro atoms. The Balaban J connectivity index is 2.53. The van der Waals surface area contributed by atoms with Gasteiger partial charge < -0.3 is 8.92 Å². The average molecular weight is 354 g/mol. The van der Waals surface area contributed by atoms with Crippen molar-refractivity contribution in [2.45, 2.75) is 12.4 Å². The third kappa shape index (κ3) is 3.17. The fraction of sp³-hybridized carbons (Fsp3) is 0.250. The highest BCUT2D eigenvalue weighted by atomic mass is 32.2. The van der Waals surface area contributed by atoms with Gasteiger partial charge in [0.25, 0.3) is 0 Å². The van der Waals surface area contributed by atoms with E-state index in [0.29, 0.717) is 4.70 Å². The summed E-state index contributed by atoms with van der Waals surface area (Å²) in [5.41, 5.74) is -5.65. The molecule has 1 heterocycles. The number of esters is 1. The van der Waals surface area contributed by atoms with E-state index in [4.69, 9.17) is 4.74 Å². The van der Waals surface area contributed by atoms with Crippen LogP contribution in [0.1, 0.15) is 17.3 Å². The zero-order chi connectivity index (χ0) is 16.5. The first-order valence-corrected chi connectivity index (χ1v) is 8.13. The van der Waals surface area contributed by atoms with Crippen LogP contribution in [0, 0.1) is 0 Å². The molecule has 0 aliphatic rings. The SMILES string of the molecule is CCOC(=O)c1cc(OS(=O)(=O)C(F)(F)F)c2ccsc2c1. The van der Waals surface area contributed by atoms with Gasteiger partial charge in [-0.05, 0) is 30.5 Å². The van der Waals surface area contributed by atoms with Gasteiger partial charge in [0, 0.05) is 10.1 Å². The lowest BCUT2D eigenvalue weighted by molar-refractivity contribution is -0.0499. The number of hydrogen-bond acceptors (Lipinski definition) is 6. The van der Waals surface area contributed by atoms with E-state index in [1.165, 1.54) is 17.5 Å². The number of halogens is 3. The van der Waals surface area contributed by atoms with Gasteiger partial charge in [-0.3, -0.25) is 0 Å². The second-order valence-corrected chi connectivity index (χ2v) is 6.50. The summed E-state index contributed by atoms with van der Waals surface area (Å²) in [5.74, 6) is -1.36. The number of alkyl halides is 3. The van der Waals surface area contributed by atoms with E-state index in [1.54, 1.807) is 6.92 Å². The number of carbonyl (C=O) groups excluding carboxylic acids is 1. The molecule has 10 heteroatoms. The van der Waals surface area contributed by atoms with E-state index in [1.807, 2.05) is 0 Å². The lowest BCUT2D eigenvalue weighted by Crippen LogP contribution is -2.28. The maximum absolute atomic E-state index is 12.4. The summed E-state index contributed by atoms with van der Waals surface area (Å²) in [5, 5.41) is 1.69. The number of ether oxygens (including phenoxy) is 1. The van der Waals surface area contributed by atoms with Crippen LogP contribution in [0.25, 0.3) is 10.1 Å². The summed E-state index contributed by atoms with van der Waals surface area (Å²) in [4.78, 5) is 11.7. The molecule has 0 unspecified atom stereocenters. The molecule has 120 valence electrons. The molecule has 22 heavy (non-hydrogen) atoms. The number of thiophene rings is 1. The quantitative estimate of drug-likeness (QED) is 0.479. The summed E-state index contributed by atoms with van der Waals surface area (Å²) in [6, 6.07) is 3.71. The monoisotopic (exact) mass is 354 g/mol. The number of rotatable bonds is 4. The molecule has 0 bridgehead atoms. The highest BCUT2D eigenvalue weighted by Crippen LogP contribution is 2.35. The van der Waals surface area contributed by atoms with E-state index in [9.17, 15) is 26.4 Å². The molecule has 0 N–H and O–H groups in total. The largest absolute Gasteiger partial charge is 0.534 e. The molecule has 2 rings (SSSR count). The van der Waals surface area contributed by atoms with Crippen molar-refractivity contribution in [3.63, 3.8) is 0 Å². The van der Waals surface area contributed by atoms with Gasteiger partial charge in [-0.15, -0.1) is 11.3 Å². The summed E-state index contributed by atoms with van der Waals surface area (Å²) >= 11 is 1.12. The summed E-state index contributed by atoms with van der Waals surface area (Å²) < 4.78 is 68.8. The smallest absolute Gasteiger partial charge is 0.462 e. The number of carbonyl (C=O) groups is 1.